The number of hydrogen-bond acceptors (Lipinski definition) is 3. The zero-order valence-electron chi connectivity index (χ0n) is 8.06. The van der Waals surface area contributed by atoms with Crippen LogP contribution in [0, 0.1) is 0 Å². The number of aromatic nitrogens is 2. The molecule has 0 spiro atoms. The van der Waals surface area contributed by atoms with Gasteiger partial charge in [-0.3, -0.25) is 4.79 Å². The quantitative estimate of drug-likeness (QED) is 0.679. The van der Waals surface area contributed by atoms with E-state index in [1.807, 2.05) is 13.8 Å². The van der Waals surface area contributed by atoms with Gasteiger partial charge >= 0.3 is 0 Å². The minimum absolute atomic E-state index is 0.0719. The van der Waals surface area contributed by atoms with Crippen LogP contribution in [0.5, 0.6) is 0 Å². The van der Waals surface area contributed by atoms with E-state index >= 15 is 0 Å². The van der Waals surface area contributed by atoms with Gasteiger partial charge in [0.25, 0.3) is 5.91 Å². The molecule has 70 valence electrons. The van der Waals surface area contributed by atoms with Gasteiger partial charge < -0.3 is 4.90 Å². The molecule has 0 aromatic carbocycles. The minimum Gasteiger partial charge on any atom is -0.338 e. The van der Waals surface area contributed by atoms with Gasteiger partial charge in [0.15, 0.2) is 0 Å². The van der Waals surface area contributed by atoms with E-state index in [4.69, 9.17) is 0 Å². The summed E-state index contributed by atoms with van der Waals surface area (Å²) >= 11 is 0. The molecule has 13 heavy (non-hydrogen) atoms. The number of carbonyl (C=O) groups is 1. The summed E-state index contributed by atoms with van der Waals surface area (Å²) in [5, 5.41) is 0. The van der Waals surface area contributed by atoms with Gasteiger partial charge in [0, 0.05) is 19.3 Å². The molecule has 1 heterocycles. The highest BCUT2D eigenvalue weighted by atomic mass is 16.2. The van der Waals surface area contributed by atoms with E-state index in [2.05, 4.69) is 9.97 Å². The standard InChI is InChI=1S/C9H13N3O/c1-7(2)12(3)9(13)8-4-5-10-6-11-8/h4-7H,1-3H3. The Labute approximate surface area is 77.6 Å². The second kappa shape index (κ2) is 3.98. The molecule has 4 heteroatoms. The molecule has 1 aromatic rings. The fourth-order valence-corrected chi connectivity index (χ4v) is 0.832. The largest absolute Gasteiger partial charge is 0.338 e. The van der Waals surface area contributed by atoms with Gasteiger partial charge in [0.1, 0.15) is 12.0 Å². The van der Waals surface area contributed by atoms with Crippen molar-refractivity contribution in [1.29, 1.82) is 0 Å². The Balaban J connectivity index is 2.80. The first-order valence-electron chi connectivity index (χ1n) is 4.16. The van der Waals surface area contributed by atoms with Crippen LogP contribution < -0.4 is 0 Å². The third-order valence-corrected chi connectivity index (χ3v) is 1.90. The third kappa shape index (κ3) is 2.24. The average Bonchev–Trinajstić information content (AvgIpc) is 2.17. The smallest absolute Gasteiger partial charge is 0.272 e. The van der Waals surface area contributed by atoms with Crippen molar-refractivity contribution in [2.45, 2.75) is 19.9 Å². The normalized spacial score (nSPS) is 10.2. The summed E-state index contributed by atoms with van der Waals surface area (Å²) < 4.78 is 0. The summed E-state index contributed by atoms with van der Waals surface area (Å²) in [4.78, 5) is 20.9. The molecule has 0 saturated heterocycles. The van der Waals surface area contributed by atoms with E-state index in [-0.39, 0.29) is 11.9 Å². The Bertz CT molecular complexity index is 284. The lowest BCUT2D eigenvalue weighted by molar-refractivity contribution is 0.0749. The molecule has 0 bridgehead atoms. The monoisotopic (exact) mass is 179 g/mol. The fourth-order valence-electron chi connectivity index (χ4n) is 0.832. The molecule has 0 radical (unpaired) electrons. The number of nitrogens with zero attached hydrogens (tertiary/aromatic N) is 3. The van der Waals surface area contributed by atoms with Crippen LogP contribution in [0.2, 0.25) is 0 Å². The predicted molar refractivity (Wildman–Crippen MR) is 49.3 cm³/mol. The average molecular weight is 179 g/mol. The molecule has 0 atom stereocenters. The molecule has 0 N–H and O–H groups in total. The molecule has 0 aliphatic heterocycles. The van der Waals surface area contributed by atoms with Crippen molar-refractivity contribution in [1.82, 2.24) is 14.9 Å². The van der Waals surface area contributed by atoms with E-state index < -0.39 is 0 Å². The minimum atomic E-state index is -0.0719. The van der Waals surface area contributed by atoms with E-state index in [1.54, 1.807) is 24.2 Å². The second-order valence-corrected chi connectivity index (χ2v) is 3.10. The Morgan fingerprint density at radius 3 is 2.69 bits per heavy atom. The molecule has 0 aliphatic rings. The van der Waals surface area contributed by atoms with Crippen LogP contribution in [-0.4, -0.2) is 33.9 Å². The van der Waals surface area contributed by atoms with Crippen LogP contribution >= 0.6 is 0 Å². The molecule has 1 aromatic heterocycles. The fraction of sp³-hybridized carbons (Fsp3) is 0.444. The Hall–Kier alpha value is -1.45. The highest BCUT2D eigenvalue weighted by Gasteiger charge is 2.14. The van der Waals surface area contributed by atoms with E-state index in [1.165, 1.54) is 6.33 Å². The molecule has 0 unspecified atom stereocenters. The molecule has 0 saturated carbocycles. The summed E-state index contributed by atoms with van der Waals surface area (Å²) in [6.45, 7) is 3.91. The van der Waals surface area contributed by atoms with Crippen molar-refractivity contribution >= 4 is 5.91 Å². The van der Waals surface area contributed by atoms with Gasteiger partial charge in [-0.2, -0.15) is 0 Å². The first-order chi connectivity index (χ1) is 6.13. The Kier molecular flexibility index (Phi) is 2.95. The lowest BCUT2D eigenvalue weighted by Crippen LogP contribution is -2.33. The summed E-state index contributed by atoms with van der Waals surface area (Å²) in [5.41, 5.74) is 0.436. The van der Waals surface area contributed by atoms with E-state index in [0.717, 1.165) is 0 Å². The van der Waals surface area contributed by atoms with E-state index in [9.17, 15) is 4.79 Å². The molecule has 0 fully saturated rings. The van der Waals surface area contributed by atoms with Crippen LogP contribution in [0.1, 0.15) is 24.3 Å². The van der Waals surface area contributed by atoms with Crippen LogP contribution in [0.15, 0.2) is 18.6 Å². The molecule has 0 aliphatic carbocycles. The first-order valence-corrected chi connectivity index (χ1v) is 4.16. The number of hydrogen-bond donors (Lipinski definition) is 0. The van der Waals surface area contributed by atoms with Crippen molar-refractivity contribution in [2.24, 2.45) is 0 Å². The number of amides is 1. The molecular formula is C9H13N3O. The van der Waals surface area contributed by atoms with Crippen LogP contribution in [-0.2, 0) is 0 Å². The van der Waals surface area contributed by atoms with Gasteiger partial charge in [-0.1, -0.05) is 0 Å². The lowest BCUT2D eigenvalue weighted by atomic mass is 10.3. The zero-order chi connectivity index (χ0) is 9.84. The maximum atomic E-state index is 11.6. The van der Waals surface area contributed by atoms with Crippen molar-refractivity contribution < 1.29 is 4.79 Å². The van der Waals surface area contributed by atoms with Gasteiger partial charge in [0.05, 0.1) is 0 Å². The molecule has 4 nitrogen and oxygen atoms in total. The van der Waals surface area contributed by atoms with Gasteiger partial charge in [0.2, 0.25) is 0 Å². The third-order valence-electron chi connectivity index (χ3n) is 1.90. The maximum Gasteiger partial charge on any atom is 0.272 e. The van der Waals surface area contributed by atoms with Crippen molar-refractivity contribution in [2.75, 3.05) is 7.05 Å². The van der Waals surface area contributed by atoms with Crippen molar-refractivity contribution in [3.05, 3.63) is 24.3 Å². The molecule has 1 amide bonds. The number of carbonyl (C=O) groups excluding carboxylic acids is 1. The summed E-state index contributed by atoms with van der Waals surface area (Å²) in [5.74, 6) is -0.0719. The van der Waals surface area contributed by atoms with Gasteiger partial charge in [-0.15, -0.1) is 0 Å². The van der Waals surface area contributed by atoms with Crippen molar-refractivity contribution in [3.8, 4) is 0 Å². The molecule has 1 rings (SSSR count). The van der Waals surface area contributed by atoms with Crippen LogP contribution in [0.25, 0.3) is 0 Å². The van der Waals surface area contributed by atoms with Crippen LogP contribution in [0.3, 0.4) is 0 Å². The summed E-state index contributed by atoms with van der Waals surface area (Å²) in [6, 6.07) is 1.80. The summed E-state index contributed by atoms with van der Waals surface area (Å²) in [6.07, 6.45) is 2.94. The highest BCUT2D eigenvalue weighted by Crippen LogP contribution is 2.01. The zero-order valence-corrected chi connectivity index (χ0v) is 8.06. The lowest BCUT2D eigenvalue weighted by Gasteiger charge is -2.20. The second-order valence-electron chi connectivity index (χ2n) is 3.10. The number of rotatable bonds is 2. The summed E-state index contributed by atoms with van der Waals surface area (Å²) in [7, 11) is 1.76. The first kappa shape index (κ1) is 9.64. The van der Waals surface area contributed by atoms with E-state index in [0.29, 0.717) is 5.69 Å². The van der Waals surface area contributed by atoms with Crippen LogP contribution in [0.4, 0.5) is 0 Å². The SMILES string of the molecule is CC(C)N(C)C(=O)c1ccncn1. The maximum absolute atomic E-state index is 11.6. The Morgan fingerprint density at radius 2 is 2.23 bits per heavy atom. The van der Waals surface area contributed by atoms with Crippen molar-refractivity contribution in [3.63, 3.8) is 0 Å². The molecular weight excluding hydrogens is 166 g/mol. The topological polar surface area (TPSA) is 46.1 Å². The predicted octanol–water partition coefficient (Wildman–Crippen LogP) is 0.957. The highest BCUT2D eigenvalue weighted by molar-refractivity contribution is 5.92. The Morgan fingerprint density at radius 1 is 1.54 bits per heavy atom. The van der Waals surface area contributed by atoms with Gasteiger partial charge in [-0.25, -0.2) is 9.97 Å². The van der Waals surface area contributed by atoms with Gasteiger partial charge in [-0.05, 0) is 19.9 Å².